The Morgan fingerprint density at radius 3 is 2.76 bits per heavy atom. The predicted molar refractivity (Wildman–Crippen MR) is 91.9 cm³/mol. The van der Waals surface area contributed by atoms with Gasteiger partial charge in [-0.3, -0.25) is 10.1 Å². The Morgan fingerprint density at radius 2 is 2.00 bits per heavy atom. The maximum Gasteiger partial charge on any atom is 0.411 e. The van der Waals surface area contributed by atoms with Crippen molar-refractivity contribution >= 4 is 22.7 Å². The first-order valence-electron chi connectivity index (χ1n) is 7.52. The standard InChI is InChI=1S/C18H15NO6/c1-2-24-18(23)19-13-8-10(20)6-7-11(13)16-9-15(22)12-4-3-5-14(21)17(12)25-16/h3-9,20-21H,2H2,1H3,(H,19,23). The summed E-state index contributed by atoms with van der Waals surface area (Å²) in [7, 11) is 0. The van der Waals surface area contributed by atoms with Gasteiger partial charge >= 0.3 is 6.09 Å². The molecular formula is C18H15NO6. The van der Waals surface area contributed by atoms with E-state index in [1.165, 1.54) is 30.3 Å². The van der Waals surface area contributed by atoms with Crippen molar-refractivity contribution in [1.29, 1.82) is 0 Å². The number of carbonyl (C=O) groups excluding carboxylic acids is 1. The maximum atomic E-state index is 12.3. The number of hydrogen-bond acceptors (Lipinski definition) is 6. The molecule has 0 atom stereocenters. The van der Waals surface area contributed by atoms with Crippen LogP contribution in [0.5, 0.6) is 11.5 Å². The Bertz CT molecular complexity index is 1010. The van der Waals surface area contributed by atoms with Crippen LogP contribution in [0.3, 0.4) is 0 Å². The topological polar surface area (TPSA) is 109 Å². The molecule has 2 aromatic carbocycles. The maximum absolute atomic E-state index is 12.3. The summed E-state index contributed by atoms with van der Waals surface area (Å²) in [6, 6.07) is 9.93. The number of amides is 1. The number of hydrogen-bond donors (Lipinski definition) is 3. The average Bonchev–Trinajstić information content (AvgIpc) is 2.56. The van der Waals surface area contributed by atoms with Gasteiger partial charge in [-0.1, -0.05) is 6.07 Å². The lowest BCUT2D eigenvalue weighted by atomic mass is 10.1. The molecule has 1 amide bonds. The largest absolute Gasteiger partial charge is 0.508 e. The van der Waals surface area contributed by atoms with E-state index in [4.69, 9.17) is 9.15 Å². The molecule has 3 rings (SSSR count). The summed E-state index contributed by atoms with van der Waals surface area (Å²) in [6.45, 7) is 1.84. The van der Waals surface area contributed by atoms with E-state index in [1.54, 1.807) is 19.1 Å². The number of ether oxygens (including phenoxy) is 1. The van der Waals surface area contributed by atoms with Gasteiger partial charge in [0.1, 0.15) is 11.5 Å². The fraction of sp³-hybridized carbons (Fsp3) is 0.111. The van der Waals surface area contributed by atoms with Crippen LogP contribution in [0, 0.1) is 0 Å². The molecule has 0 aliphatic rings. The fourth-order valence-corrected chi connectivity index (χ4v) is 2.42. The normalized spacial score (nSPS) is 10.6. The first-order valence-corrected chi connectivity index (χ1v) is 7.52. The van der Waals surface area contributed by atoms with Crippen molar-refractivity contribution in [3.63, 3.8) is 0 Å². The zero-order valence-corrected chi connectivity index (χ0v) is 13.3. The van der Waals surface area contributed by atoms with Gasteiger partial charge in [-0.05, 0) is 31.2 Å². The Labute approximate surface area is 142 Å². The zero-order valence-electron chi connectivity index (χ0n) is 13.3. The number of phenolic OH excluding ortho intramolecular Hbond substituents is 2. The summed E-state index contributed by atoms with van der Waals surface area (Å²) < 4.78 is 10.5. The summed E-state index contributed by atoms with van der Waals surface area (Å²) in [6.07, 6.45) is -0.708. The Kier molecular flexibility index (Phi) is 4.30. The van der Waals surface area contributed by atoms with E-state index >= 15 is 0 Å². The van der Waals surface area contributed by atoms with Crippen LogP contribution in [-0.4, -0.2) is 22.9 Å². The molecule has 3 N–H and O–H groups in total. The molecule has 0 saturated carbocycles. The number of benzene rings is 2. The average molecular weight is 341 g/mol. The molecule has 0 radical (unpaired) electrons. The van der Waals surface area contributed by atoms with Crippen LogP contribution < -0.4 is 10.7 Å². The van der Waals surface area contributed by atoms with Gasteiger partial charge in [-0.2, -0.15) is 0 Å². The van der Waals surface area contributed by atoms with Crippen molar-refractivity contribution in [3.8, 4) is 22.8 Å². The number of anilines is 1. The first-order chi connectivity index (χ1) is 12.0. The van der Waals surface area contributed by atoms with Crippen LogP contribution in [-0.2, 0) is 4.74 Å². The summed E-state index contributed by atoms with van der Waals surface area (Å²) in [5.41, 5.74) is 0.256. The SMILES string of the molecule is CCOC(=O)Nc1cc(O)ccc1-c1cc(=O)c2cccc(O)c2o1. The minimum absolute atomic E-state index is 0.0418. The number of fused-ring (bicyclic) bond motifs is 1. The lowest BCUT2D eigenvalue weighted by Gasteiger charge is -2.11. The molecule has 0 saturated heterocycles. The summed E-state index contributed by atoms with van der Waals surface area (Å²) in [4.78, 5) is 24.0. The lowest BCUT2D eigenvalue weighted by Crippen LogP contribution is -2.14. The first kappa shape index (κ1) is 16.4. The van der Waals surface area contributed by atoms with Gasteiger partial charge in [0.2, 0.25) is 0 Å². The van der Waals surface area contributed by atoms with Crippen molar-refractivity contribution < 1.29 is 24.2 Å². The van der Waals surface area contributed by atoms with Crippen LogP contribution in [0.1, 0.15) is 6.92 Å². The van der Waals surface area contributed by atoms with Gasteiger partial charge in [-0.15, -0.1) is 0 Å². The van der Waals surface area contributed by atoms with Gasteiger partial charge in [-0.25, -0.2) is 4.79 Å². The molecule has 128 valence electrons. The molecule has 0 aliphatic heterocycles. The molecule has 0 aliphatic carbocycles. The van der Waals surface area contributed by atoms with Crippen LogP contribution in [0.4, 0.5) is 10.5 Å². The highest BCUT2D eigenvalue weighted by Gasteiger charge is 2.15. The van der Waals surface area contributed by atoms with E-state index in [-0.39, 0.29) is 46.0 Å². The van der Waals surface area contributed by atoms with Gasteiger partial charge in [0, 0.05) is 17.7 Å². The molecule has 7 nitrogen and oxygen atoms in total. The minimum atomic E-state index is -0.708. The van der Waals surface area contributed by atoms with Crippen LogP contribution >= 0.6 is 0 Å². The van der Waals surface area contributed by atoms with Gasteiger partial charge in [0.15, 0.2) is 16.8 Å². The lowest BCUT2D eigenvalue weighted by molar-refractivity contribution is 0.168. The molecule has 1 heterocycles. The third-order valence-electron chi connectivity index (χ3n) is 3.51. The molecule has 0 fully saturated rings. The van der Waals surface area contributed by atoms with E-state index in [0.29, 0.717) is 5.56 Å². The minimum Gasteiger partial charge on any atom is -0.508 e. The number of para-hydroxylation sites is 1. The number of carbonyl (C=O) groups is 1. The molecule has 0 unspecified atom stereocenters. The van der Waals surface area contributed by atoms with Crippen LogP contribution in [0.2, 0.25) is 0 Å². The quantitative estimate of drug-likeness (QED) is 0.673. The molecule has 1 aromatic heterocycles. The van der Waals surface area contributed by atoms with Crippen molar-refractivity contribution in [2.24, 2.45) is 0 Å². The third-order valence-corrected chi connectivity index (χ3v) is 3.51. The molecular weight excluding hydrogens is 326 g/mol. The highest BCUT2D eigenvalue weighted by molar-refractivity contribution is 5.92. The van der Waals surface area contributed by atoms with E-state index in [0.717, 1.165) is 0 Å². The van der Waals surface area contributed by atoms with Crippen molar-refractivity contribution in [2.45, 2.75) is 6.92 Å². The number of aromatic hydroxyl groups is 2. The van der Waals surface area contributed by atoms with Gasteiger partial charge in [0.25, 0.3) is 0 Å². The number of phenols is 2. The Hall–Kier alpha value is -3.48. The summed E-state index contributed by atoms with van der Waals surface area (Å²) >= 11 is 0. The molecule has 3 aromatic rings. The highest BCUT2D eigenvalue weighted by atomic mass is 16.5. The smallest absolute Gasteiger partial charge is 0.411 e. The van der Waals surface area contributed by atoms with Crippen LogP contribution in [0.15, 0.2) is 51.7 Å². The van der Waals surface area contributed by atoms with E-state index in [2.05, 4.69) is 5.32 Å². The fourth-order valence-electron chi connectivity index (χ4n) is 2.42. The second-order valence-corrected chi connectivity index (χ2v) is 5.20. The van der Waals surface area contributed by atoms with Crippen molar-refractivity contribution in [1.82, 2.24) is 0 Å². The number of rotatable bonds is 3. The summed E-state index contributed by atoms with van der Waals surface area (Å²) in [5.74, 6) is -0.123. The third kappa shape index (κ3) is 3.25. The second-order valence-electron chi connectivity index (χ2n) is 5.20. The molecule has 7 heteroatoms. The molecule has 0 spiro atoms. The predicted octanol–water partition coefficient (Wildman–Crippen LogP) is 3.44. The van der Waals surface area contributed by atoms with Crippen molar-refractivity contribution in [2.75, 3.05) is 11.9 Å². The van der Waals surface area contributed by atoms with E-state index < -0.39 is 6.09 Å². The molecule has 25 heavy (non-hydrogen) atoms. The van der Waals surface area contributed by atoms with Crippen molar-refractivity contribution in [3.05, 3.63) is 52.7 Å². The second kappa shape index (κ2) is 6.56. The Balaban J connectivity index is 2.16. The number of nitrogens with one attached hydrogen (secondary N) is 1. The molecule has 0 bridgehead atoms. The van der Waals surface area contributed by atoms with Crippen LogP contribution in [0.25, 0.3) is 22.3 Å². The van der Waals surface area contributed by atoms with E-state index in [1.807, 2.05) is 0 Å². The van der Waals surface area contributed by atoms with Gasteiger partial charge < -0.3 is 19.4 Å². The zero-order chi connectivity index (χ0) is 18.0. The van der Waals surface area contributed by atoms with Gasteiger partial charge in [0.05, 0.1) is 17.7 Å². The van der Waals surface area contributed by atoms with E-state index in [9.17, 15) is 19.8 Å². The highest BCUT2D eigenvalue weighted by Crippen LogP contribution is 2.33. The Morgan fingerprint density at radius 1 is 1.20 bits per heavy atom. The summed E-state index contributed by atoms with van der Waals surface area (Å²) in [5, 5.41) is 22.3. The monoisotopic (exact) mass is 341 g/mol.